The monoisotopic (exact) mass is 279 g/mol. The zero-order valence-electron chi connectivity index (χ0n) is 9.95. The molecule has 0 aliphatic rings. The number of nitrogen functional groups attached to an aromatic ring is 1. The molecule has 4 N–H and O–H groups in total. The van der Waals surface area contributed by atoms with Crippen LogP contribution >= 0.6 is 0 Å². The molecule has 0 amide bonds. The van der Waals surface area contributed by atoms with Crippen molar-refractivity contribution < 1.29 is 27.4 Å². The van der Waals surface area contributed by atoms with E-state index in [0.29, 0.717) is 0 Å². The average molecular weight is 279 g/mol. The molecular formula is C10H12F3N3O3. The van der Waals surface area contributed by atoms with Crippen LogP contribution in [0.3, 0.4) is 0 Å². The molecule has 106 valence electrons. The molecule has 0 unspecified atom stereocenters. The van der Waals surface area contributed by atoms with E-state index in [2.05, 4.69) is 14.5 Å². The number of esters is 1. The molecule has 0 atom stereocenters. The molecule has 0 aliphatic carbocycles. The molecule has 0 bridgehead atoms. The van der Waals surface area contributed by atoms with Gasteiger partial charge in [-0.05, 0) is 6.92 Å². The summed E-state index contributed by atoms with van der Waals surface area (Å²) in [5.74, 6) is -1.95. The van der Waals surface area contributed by atoms with E-state index in [9.17, 15) is 18.0 Å². The summed E-state index contributed by atoms with van der Waals surface area (Å²) >= 11 is 0. The van der Waals surface area contributed by atoms with Gasteiger partial charge in [0.2, 0.25) is 0 Å². The van der Waals surface area contributed by atoms with Gasteiger partial charge in [-0.15, -0.1) is 13.2 Å². The Labute approximate surface area is 106 Å². The zero-order valence-corrected chi connectivity index (χ0v) is 9.95. The van der Waals surface area contributed by atoms with E-state index >= 15 is 0 Å². The second-order valence-corrected chi connectivity index (χ2v) is 3.35. The summed E-state index contributed by atoms with van der Waals surface area (Å²) in [7, 11) is 0. The summed E-state index contributed by atoms with van der Waals surface area (Å²) in [4.78, 5) is 15.0. The van der Waals surface area contributed by atoms with Crippen LogP contribution in [-0.4, -0.2) is 23.9 Å². The van der Waals surface area contributed by atoms with Crippen LogP contribution in [-0.2, 0) is 11.3 Å². The number of nitrogens with two attached hydrogens (primary N) is 2. The molecule has 9 heteroatoms. The highest BCUT2D eigenvalue weighted by Gasteiger charge is 2.35. The lowest BCUT2D eigenvalue weighted by atomic mass is 10.2. The number of pyridine rings is 1. The van der Waals surface area contributed by atoms with Crippen LogP contribution in [0.1, 0.15) is 23.0 Å². The van der Waals surface area contributed by atoms with Crippen molar-refractivity contribution in [2.24, 2.45) is 5.73 Å². The average Bonchev–Trinajstić information content (AvgIpc) is 2.30. The number of carbonyl (C=O) groups excluding carboxylic acids is 1. The minimum Gasteiger partial charge on any atom is -0.461 e. The molecule has 0 saturated heterocycles. The smallest absolute Gasteiger partial charge is 0.461 e. The Balaban J connectivity index is 3.30. The van der Waals surface area contributed by atoms with Gasteiger partial charge < -0.3 is 20.9 Å². The molecule has 0 aromatic carbocycles. The quantitative estimate of drug-likeness (QED) is 0.803. The highest BCUT2D eigenvalue weighted by Crippen LogP contribution is 2.33. The molecule has 19 heavy (non-hydrogen) atoms. The van der Waals surface area contributed by atoms with Gasteiger partial charge in [0.05, 0.1) is 12.3 Å². The highest BCUT2D eigenvalue weighted by molar-refractivity contribution is 5.92. The fraction of sp³-hybridized carbons (Fsp3) is 0.400. The first-order valence-corrected chi connectivity index (χ1v) is 5.20. The van der Waals surface area contributed by atoms with Crippen LogP contribution in [0.5, 0.6) is 5.75 Å². The number of halogens is 3. The number of anilines is 1. The minimum absolute atomic E-state index is 0.0233. The van der Waals surface area contributed by atoms with Gasteiger partial charge >= 0.3 is 12.3 Å². The van der Waals surface area contributed by atoms with E-state index in [1.807, 2.05) is 0 Å². The second-order valence-electron chi connectivity index (χ2n) is 3.35. The largest absolute Gasteiger partial charge is 0.573 e. The van der Waals surface area contributed by atoms with Crippen molar-refractivity contribution in [2.45, 2.75) is 19.8 Å². The highest BCUT2D eigenvalue weighted by atomic mass is 19.4. The van der Waals surface area contributed by atoms with Crippen LogP contribution in [0.15, 0.2) is 6.20 Å². The minimum atomic E-state index is -5.01. The summed E-state index contributed by atoms with van der Waals surface area (Å²) in [5, 5.41) is 0. The summed E-state index contributed by atoms with van der Waals surface area (Å²) in [5.41, 5.74) is 9.87. The second kappa shape index (κ2) is 5.74. The van der Waals surface area contributed by atoms with Gasteiger partial charge in [-0.3, -0.25) is 0 Å². The van der Waals surface area contributed by atoms with Crippen LogP contribution < -0.4 is 16.2 Å². The third kappa shape index (κ3) is 3.71. The van der Waals surface area contributed by atoms with Crippen molar-refractivity contribution in [3.05, 3.63) is 17.5 Å². The number of nitrogens with zero attached hydrogens (tertiary/aromatic N) is 1. The third-order valence-electron chi connectivity index (χ3n) is 2.06. The van der Waals surface area contributed by atoms with Crippen LogP contribution in [0.25, 0.3) is 0 Å². The maximum Gasteiger partial charge on any atom is 0.573 e. The number of aromatic nitrogens is 1. The third-order valence-corrected chi connectivity index (χ3v) is 2.06. The Morgan fingerprint density at radius 1 is 1.47 bits per heavy atom. The van der Waals surface area contributed by atoms with Gasteiger partial charge in [0.1, 0.15) is 0 Å². The number of hydrogen-bond donors (Lipinski definition) is 2. The molecule has 0 fully saturated rings. The first-order chi connectivity index (χ1) is 8.80. The lowest BCUT2D eigenvalue weighted by molar-refractivity contribution is -0.274. The van der Waals surface area contributed by atoms with Crippen molar-refractivity contribution >= 4 is 11.7 Å². The van der Waals surface area contributed by atoms with E-state index in [0.717, 1.165) is 6.20 Å². The molecule has 1 aromatic heterocycles. The van der Waals surface area contributed by atoms with Gasteiger partial charge in [-0.2, -0.15) is 0 Å². The molecule has 0 aliphatic heterocycles. The fourth-order valence-electron chi connectivity index (χ4n) is 1.27. The van der Waals surface area contributed by atoms with Crippen LogP contribution in [0.2, 0.25) is 0 Å². The first kappa shape index (κ1) is 15.0. The molecule has 1 aromatic rings. The van der Waals surface area contributed by atoms with Gasteiger partial charge in [0.25, 0.3) is 0 Å². The predicted octanol–water partition coefficient (Wildman–Crippen LogP) is 1.20. The predicted molar refractivity (Wildman–Crippen MR) is 59.2 cm³/mol. The van der Waals surface area contributed by atoms with Crippen molar-refractivity contribution in [3.8, 4) is 5.75 Å². The Morgan fingerprint density at radius 3 is 2.58 bits per heavy atom. The number of carbonyl (C=O) groups is 1. The lowest BCUT2D eigenvalue weighted by Crippen LogP contribution is -2.22. The van der Waals surface area contributed by atoms with Crippen LogP contribution in [0, 0.1) is 0 Å². The molecule has 6 nitrogen and oxygen atoms in total. The maximum atomic E-state index is 12.3. The zero-order chi connectivity index (χ0) is 14.6. The van der Waals surface area contributed by atoms with Crippen molar-refractivity contribution in [2.75, 3.05) is 12.3 Å². The van der Waals surface area contributed by atoms with Crippen molar-refractivity contribution in [1.82, 2.24) is 4.98 Å². The Kier molecular flexibility index (Phi) is 4.54. The van der Waals surface area contributed by atoms with Gasteiger partial charge in [0, 0.05) is 18.3 Å². The Hall–Kier alpha value is -2.03. The van der Waals surface area contributed by atoms with Gasteiger partial charge in [0.15, 0.2) is 11.4 Å². The Morgan fingerprint density at radius 2 is 2.11 bits per heavy atom. The number of alkyl halides is 3. The molecule has 1 rings (SSSR count). The van der Waals surface area contributed by atoms with E-state index in [4.69, 9.17) is 11.5 Å². The van der Waals surface area contributed by atoms with Crippen molar-refractivity contribution in [3.63, 3.8) is 0 Å². The molecule has 0 radical (unpaired) electrons. The number of rotatable bonds is 4. The lowest BCUT2D eigenvalue weighted by Gasteiger charge is -2.15. The van der Waals surface area contributed by atoms with Crippen LogP contribution in [0.4, 0.5) is 18.9 Å². The summed E-state index contributed by atoms with van der Waals surface area (Å²) in [6, 6.07) is 0. The Bertz CT molecular complexity index is 477. The summed E-state index contributed by atoms with van der Waals surface area (Å²) in [6.45, 7) is 1.33. The van der Waals surface area contributed by atoms with E-state index in [-0.39, 0.29) is 18.7 Å². The van der Waals surface area contributed by atoms with Crippen molar-refractivity contribution in [1.29, 1.82) is 0 Å². The first-order valence-electron chi connectivity index (χ1n) is 5.20. The number of hydrogen-bond acceptors (Lipinski definition) is 6. The van der Waals surface area contributed by atoms with E-state index in [1.165, 1.54) is 6.92 Å². The molecular weight excluding hydrogens is 267 g/mol. The van der Waals surface area contributed by atoms with E-state index < -0.39 is 29.5 Å². The fourth-order valence-corrected chi connectivity index (χ4v) is 1.27. The topological polar surface area (TPSA) is 100 Å². The molecule has 1 heterocycles. The SMILES string of the molecule is CCOC(=O)c1ncc(CN)c(N)c1OC(F)(F)F. The standard InChI is InChI=1S/C10H12F3N3O3/c1-2-18-9(17)7-8(19-10(11,12)13)6(15)5(3-14)4-16-7/h4H,2-3,14H2,1H3,(H2,15,16). The maximum absolute atomic E-state index is 12.3. The molecule has 0 saturated carbocycles. The summed E-state index contributed by atoms with van der Waals surface area (Å²) in [6.07, 6.45) is -3.91. The van der Waals surface area contributed by atoms with E-state index in [1.54, 1.807) is 0 Å². The normalized spacial score (nSPS) is 11.2. The number of ether oxygens (including phenoxy) is 2. The van der Waals surface area contributed by atoms with Gasteiger partial charge in [-0.1, -0.05) is 0 Å². The van der Waals surface area contributed by atoms with Gasteiger partial charge in [-0.25, -0.2) is 9.78 Å². The summed E-state index contributed by atoms with van der Waals surface area (Å²) < 4.78 is 45.2. The molecule has 0 spiro atoms.